The van der Waals surface area contributed by atoms with E-state index in [2.05, 4.69) is 18.3 Å². The number of aryl methyl sites for hydroxylation is 1. The van der Waals surface area contributed by atoms with Crippen molar-refractivity contribution in [3.8, 4) is 11.5 Å². The van der Waals surface area contributed by atoms with Crippen LogP contribution in [0.1, 0.15) is 38.7 Å². The molecule has 1 amide bonds. The molecule has 2 aromatic rings. The van der Waals surface area contributed by atoms with E-state index in [1.807, 2.05) is 37.3 Å². The molecule has 0 spiro atoms. The minimum Gasteiger partial charge on any atom is -0.493 e. The SMILES string of the molecule is CCCOc1ccccc1CCCNC(=O)[C@@H](CC)Oc1ccccc1Cl. The van der Waals surface area contributed by atoms with Crippen LogP contribution in [0.2, 0.25) is 5.02 Å². The number of hydrogen-bond donors (Lipinski definition) is 1. The van der Waals surface area contributed by atoms with Crippen LogP contribution in [0.3, 0.4) is 0 Å². The van der Waals surface area contributed by atoms with Crippen LogP contribution in [-0.2, 0) is 11.2 Å². The Hall–Kier alpha value is -2.20. The molecule has 0 aromatic heterocycles. The largest absolute Gasteiger partial charge is 0.493 e. The Morgan fingerprint density at radius 2 is 1.78 bits per heavy atom. The normalized spacial score (nSPS) is 11.7. The molecule has 2 rings (SSSR count). The molecule has 0 saturated carbocycles. The summed E-state index contributed by atoms with van der Waals surface area (Å²) in [6.07, 6.45) is 2.69. The Morgan fingerprint density at radius 1 is 1.07 bits per heavy atom. The molecule has 146 valence electrons. The smallest absolute Gasteiger partial charge is 0.261 e. The van der Waals surface area contributed by atoms with Crippen molar-refractivity contribution in [2.45, 2.75) is 45.6 Å². The molecule has 0 bridgehead atoms. The van der Waals surface area contributed by atoms with Crippen molar-refractivity contribution in [2.75, 3.05) is 13.2 Å². The molecule has 4 nitrogen and oxygen atoms in total. The highest BCUT2D eigenvalue weighted by Crippen LogP contribution is 2.25. The van der Waals surface area contributed by atoms with Gasteiger partial charge >= 0.3 is 0 Å². The monoisotopic (exact) mass is 389 g/mol. The van der Waals surface area contributed by atoms with Crippen LogP contribution in [0, 0.1) is 0 Å². The predicted octanol–water partition coefficient (Wildman–Crippen LogP) is 5.04. The Bertz CT molecular complexity index is 720. The summed E-state index contributed by atoms with van der Waals surface area (Å²) in [5, 5.41) is 3.47. The lowest BCUT2D eigenvalue weighted by molar-refractivity contribution is -0.128. The average Bonchev–Trinajstić information content (AvgIpc) is 2.69. The fraction of sp³-hybridized carbons (Fsp3) is 0.409. The van der Waals surface area contributed by atoms with E-state index in [1.165, 1.54) is 5.56 Å². The second-order valence-electron chi connectivity index (χ2n) is 6.30. The highest BCUT2D eigenvalue weighted by atomic mass is 35.5. The lowest BCUT2D eigenvalue weighted by Gasteiger charge is -2.18. The number of hydrogen-bond acceptors (Lipinski definition) is 3. The number of carbonyl (C=O) groups is 1. The standard InChI is InChI=1S/C22H28ClNO3/c1-3-16-26-20-13-7-5-10-17(20)11-9-15-24-22(25)19(4-2)27-21-14-8-6-12-18(21)23/h5-8,10,12-14,19H,3-4,9,11,15-16H2,1-2H3,(H,24,25)/t19-/m1/s1. The summed E-state index contributed by atoms with van der Waals surface area (Å²) < 4.78 is 11.5. The Labute approximate surface area is 166 Å². The van der Waals surface area contributed by atoms with Gasteiger partial charge in [0, 0.05) is 6.54 Å². The molecule has 1 N–H and O–H groups in total. The second kappa shape index (κ2) is 11.5. The maximum Gasteiger partial charge on any atom is 0.261 e. The first kappa shape index (κ1) is 21.1. The van der Waals surface area contributed by atoms with Crippen molar-refractivity contribution in [3.05, 3.63) is 59.1 Å². The van der Waals surface area contributed by atoms with Crippen LogP contribution < -0.4 is 14.8 Å². The van der Waals surface area contributed by atoms with E-state index in [1.54, 1.807) is 12.1 Å². The van der Waals surface area contributed by atoms with Crippen LogP contribution in [0.4, 0.5) is 0 Å². The van der Waals surface area contributed by atoms with E-state index in [9.17, 15) is 4.79 Å². The van der Waals surface area contributed by atoms with Crippen molar-refractivity contribution >= 4 is 17.5 Å². The summed E-state index contributed by atoms with van der Waals surface area (Å²) in [4.78, 5) is 12.4. The Balaban J connectivity index is 1.80. The summed E-state index contributed by atoms with van der Waals surface area (Å²) in [5.74, 6) is 1.34. The fourth-order valence-corrected chi connectivity index (χ4v) is 2.86. The maximum absolute atomic E-state index is 12.4. The minimum absolute atomic E-state index is 0.118. The van der Waals surface area contributed by atoms with Gasteiger partial charge in [-0.15, -0.1) is 0 Å². The number of para-hydroxylation sites is 2. The van der Waals surface area contributed by atoms with Gasteiger partial charge in [0.1, 0.15) is 11.5 Å². The molecule has 0 radical (unpaired) electrons. The zero-order valence-electron chi connectivity index (χ0n) is 16.0. The molecule has 0 saturated heterocycles. The summed E-state index contributed by atoms with van der Waals surface area (Å²) in [6, 6.07) is 15.2. The van der Waals surface area contributed by atoms with Crippen molar-refractivity contribution in [1.29, 1.82) is 0 Å². The lowest BCUT2D eigenvalue weighted by atomic mass is 10.1. The van der Waals surface area contributed by atoms with E-state index < -0.39 is 6.10 Å². The minimum atomic E-state index is -0.551. The van der Waals surface area contributed by atoms with E-state index in [0.717, 1.165) is 25.0 Å². The first-order chi connectivity index (χ1) is 13.2. The number of halogens is 1. The maximum atomic E-state index is 12.4. The molecule has 0 heterocycles. The Morgan fingerprint density at radius 3 is 2.48 bits per heavy atom. The van der Waals surface area contributed by atoms with Gasteiger partial charge in [0.25, 0.3) is 5.91 Å². The predicted molar refractivity (Wildman–Crippen MR) is 110 cm³/mol. The molecule has 5 heteroatoms. The van der Waals surface area contributed by atoms with Gasteiger partial charge in [-0.1, -0.05) is 55.8 Å². The van der Waals surface area contributed by atoms with E-state index in [-0.39, 0.29) is 5.91 Å². The van der Waals surface area contributed by atoms with Crippen LogP contribution in [0.5, 0.6) is 11.5 Å². The van der Waals surface area contributed by atoms with Crippen LogP contribution in [0.25, 0.3) is 0 Å². The summed E-state index contributed by atoms with van der Waals surface area (Å²) in [6.45, 7) is 5.31. The third kappa shape index (κ3) is 6.79. The molecule has 27 heavy (non-hydrogen) atoms. The third-order valence-electron chi connectivity index (χ3n) is 4.13. The number of carbonyl (C=O) groups excluding carboxylic acids is 1. The molecule has 0 aliphatic heterocycles. The molecule has 1 atom stereocenters. The highest BCUT2D eigenvalue weighted by Gasteiger charge is 2.18. The van der Waals surface area contributed by atoms with Crippen molar-refractivity contribution in [2.24, 2.45) is 0 Å². The van der Waals surface area contributed by atoms with Crippen LogP contribution in [-0.4, -0.2) is 25.2 Å². The Kier molecular flexibility index (Phi) is 8.99. The molecular weight excluding hydrogens is 362 g/mol. The molecule has 0 fully saturated rings. The van der Waals surface area contributed by atoms with Crippen molar-refractivity contribution in [3.63, 3.8) is 0 Å². The van der Waals surface area contributed by atoms with Gasteiger partial charge in [-0.05, 0) is 49.4 Å². The van der Waals surface area contributed by atoms with Gasteiger partial charge in [0.2, 0.25) is 0 Å². The molecule has 0 aliphatic carbocycles. The molecule has 2 aromatic carbocycles. The topological polar surface area (TPSA) is 47.6 Å². The van der Waals surface area contributed by atoms with E-state index in [4.69, 9.17) is 21.1 Å². The number of ether oxygens (including phenoxy) is 2. The van der Waals surface area contributed by atoms with Crippen molar-refractivity contribution in [1.82, 2.24) is 5.32 Å². The number of amides is 1. The van der Waals surface area contributed by atoms with Crippen LogP contribution in [0.15, 0.2) is 48.5 Å². The quantitative estimate of drug-likeness (QED) is 0.548. The lowest BCUT2D eigenvalue weighted by Crippen LogP contribution is -2.38. The molecule has 0 aliphatic rings. The first-order valence-corrected chi connectivity index (χ1v) is 9.93. The average molecular weight is 390 g/mol. The molecule has 0 unspecified atom stereocenters. The van der Waals surface area contributed by atoms with E-state index in [0.29, 0.717) is 30.3 Å². The van der Waals surface area contributed by atoms with Gasteiger partial charge in [0.15, 0.2) is 6.10 Å². The third-order valence-corrected chi connectivity index (χ3v) is 4.44. The number of rotatable bonds is 11. The highest BCUT2D eigenvalue weighted by molar-refractivity contribution is 6.32. The van der Waals surface area contributed by atoms with Crippen LogP contribution >= 0.6 is 11.6 Å². The van der Waals surface area contributed by atoms with Gasteiger partial charge < -0.3 is 14.8 Å². The zero-order chi connectivity index (χ0) is 19.5. The summed E-state index contributed by atoms with van der Waals surface area (Å²) in [7, 11) is 0. The zero-order valence-corrected chi connectivity index (χ0v) is 16.8. The molecular formula is C22H28ClNO3. The summed E-state index contributed by atoms with van der Waals surface area (Å²) >= 11 is 6.11. The first-order valence-electron chi connectivity index (χ1n) is 9.55. The summed E-state index contributed by atoms with van der Waals surface area (Å²) in [5.41, 5.74) is 1.17. The number of benzene rings is 2. The van der Waals surface area contributed by atoms with Crippen molar-refractivity contribution < 1.29 is 14.3 Å². The van der Waals surface area contributed by atoms with Gasteiger partial charge in [-0.3, -0.25) is 4.79 Å². The van der Waals surface area contributed by atoms with Gasteiger partial charge in [-0.25, -0.2) is 0 Å². The van der Waals surface area contributed by atoms with E-state index >= 15 is 0 Å². The fourth-order valence-electron chi connectivity index (χ4n) is 2.68. The number of nitrogens with one attached hydrogen (secondary N) is 1. The second-order valence-corrected chi connectivity index (χ2v) is 6.70. The van der Waals surface area contributed by atoms with Gasteiger partial charge in [-0.2, -0.15) is 0 Å². The van der Waals surface area contributed by atoms with Gasteiger partial charge in [0.05, 0.1) is 11.6 Å².